The maximum Gasteiger partial charge on any atom is 0.0540 e. The normalized spacial score (nSPS) is 11.3. The first-order chi connectivity index (χ1) is 59.6. The van der Waals surface area contributed by atoms with Crippen molar-refractivity contribution in [3.8, 4) is 0 Å². The molecule has 0 aromatic heterocycles. The van der Waals surface area contributed by atoms with Gasteiger partial charge in [0, 0.05) is 110 Å². The Balaban J connectivity index is 0.000000118. The number of hydrogen-bond donors (Lipinski definition) is 0. The lowest BCUT2D eigenvalue weighted by Gasteiger charge is -2.29. The fraction of sp³-hybridized carbons (Fsp3) is 0.0435. The topological polar surface area (TPSA) is 19.4 Å². The van der Waals surface area contributed by atoms with Gasteiger partial charge in [0.1, 0.15) is 0 Å². The van der Waals surface area contributed by atoms with Crippen LogP contribution in [0.2, 0.25) is 0 Å². The Hall–Kier alpha value is -15.5. The molecule has 22 aromatic carbocycles. The molecule has 0 fully saturated rings. The summed E-state index contributed by atoms with van der Waals surface area (Å²) in [6.45, 7) is 4.25. The van der Waals surface area contributed by atoms with Crippen LogP contribution in [0.4, 0.5) is 85.3 Å². The minimum Gasteiger partial charge on any atom is -0.345 e. The Morgan fingerprint density at radius 2 is 0.380 bits per heavy atom. The Morgan fingerprint density at radius 1 is 0.140 bits per heavy atom. The van der Waals surface area contributed by atoms with Crippen LogP contribution in [-0.4, -0.2) is 21.1 Å². The summed E-state index contributed by atoms with van der Waals surface area (Å²) in [7, 11) is 6.42. The van der Waals surface area contributed by atoms with E-state index in [1.54, 1.807) is 0 Å². The van der Waals surface area contributed by atoms with Gasteiger partial charge in [0.2, 0.25) is 0 Å². The molecule has 0 radical (unpaired) electrons. The molecule has 0 spiro atoms. The lowest BCUT2D eigenvalue weighted by molar-refractivity contribution is 1.20. The Bertz CT molecular complexity index is 7250. The van der Waals surface area contributed by atoms with Crippen LogP contribution in [0.25, 0.3) is 108 Å². The van der Waals surface area contributed by atoms with Crippen molar-refractivity contribution in [3.63, 3.8) is 0 Å². The van der Waals surface area contributed by atoms with E-state index in [1.807, 2.05) is 0 Å². The minimum absolute atomic E-state index is 1.12. The molecule has 0 unspecified atom stereocenters. The standard InChI is InChI=1S/C47H32N2.2C34H28N2/c1-48(43-30-29-41-39-20-7-16-33-15-6-19-38(46(33)39)40-21-10-22-42(43)47(40)41)34-25-27-35(28-26-34)49(44-23-8-13-31-11-2-4-17-36(31)44)45-24-9-14-32-12-3-5-18-37(32)45;1-25-10-7-15-30(24-25)35(2)28-20-22-29(23-21-28)36(33-18-8-13-26-11-3-5-16-31(26)33)34-19-9-14-27-12-4-6-17-32(27)34;1-25-17-19-28(20-18-25)35(2)29-21-23-30(24-22-29)36(33-15-7-11-26-9-3-5-13-31(26)33)34-16-8-12-27-10-4-6-14-32(27)34/h2-30H,1H3;2*3-24H,1-2H3. The van der Waals surface area contributed by atoms with Gasteiger partial charge in [-0.25, -0.2) is 0 Å². The summed E-state index contributed by atoms with van der Waals surface area (Å²) < 4.78 is 0. The first-order valence-electron chi connectivity index (χ1n) is 41.6. The summed E-state index contributed by atoms with van der Waals surface area (Å²) in [6, 6.07) is 160. The highest BCUT2D eigenvalue weighted by molar-refractivity contribution is 6.34. The molecule has 0 heterocycles. The van der Waals surface area contributed by atoms with Crippen LogP contribution in [0.3, 0.4) is 0 Å². The van der Waals surface area contributed by atoms with Gasteiger partial charge in [-0.15, -0.1) is 0 Å². The molecule has 0 aliphatic rings. The summed E-state index contributed by atoms with van der Waals surface area (Å²) in [6.07, 6.45) is 0. The summed E-state index contributed by atoms with van der Waals surface area (Å²) >= 11 is 0. The molecule has 22 rings (SSSR count). The van der Waals surface area contributed by atoms with E-state index >= 15 is 0 Å². The number of rotatable bonds is 15. The lowest BCUT2D eigenvalue weighted by Crippen LogP contribution is -2.13. The molecule has 0 saturated carbocycles. The average Bonchev–Trinajstić information content (AvgIpc) is 0.682. The molecule has 22 aromatic rings. The van der Waals surface area contributed by atoms with Crippen molar-refractivity contribution >= 4 is 193 Å². The van der Waals surface area contributed by atoms with E-state index in [2.05, 4.69) is 507 Å². The molecule has 0 aliphatic carbocycles. The molecule has 0 atom stereocenters. The minimum atomic E-state index is 1.12. The fourth-order valence-corrected chi connectivity index (χ4v) is 18.1. The predicted molar refractivity (Wildman–Crippen MR) is 523 cm³/mol. The van der Waals surface area contributed by atoms with Crippen molar-refractivity contribution in [2.24, 2.45) is 0 Å². The summed E-state index contributed by atoms with van der Waals surface area (Å²) in [5.74, 6) is 0. The van der Waals surface area contributed by atoms with Crippen molar-refractivity contribution in [2.45, 2.75) is 13.8 Å². The quantitative estimate of drug-likeness (QED) is 0.0747. The van der Waals surface area contributed by atoms with E-state index in [9.17, 15) is 0 Å². The second-order valence-corrected chi connectivity index (χ2v) is 31.5. The second-order valence-electron chi connectivity index (χ2n) is 31.5. The van der Waals surface area contributed by atoms with Gasteiger partial charge in [-0.1, -0.05) is 309 Å². The van der Waals surface area contributed by atoms with Crippen molar-refractivity contribution in [3.05, 3.63) is 454 Å². The van der Waals surface area contributed by atoms with Crippen LogP contribution in [0.5, 0.6) is 0 Å². The first-order valence-corrected chi connectivity index (χ1v) is 41.6. The molecule has 0 N–H and O–H groups in total. The monoisotopic (exact) mass is 1550 g/mol. The van der Waals surface area contributed by atoms with Crippen molar-refractivity contribution in [1.82, 2.24) is 0 Å². The van der Waals surface area contributed by atoms with Gasteiger partial charge >= 0.3 is 0 Å². The molecule has 121 heavy (non-hydrogen) atoms. The Morgan fingerprint density at radius 3 is 0.727 bits per heavy atom. The van der Waals surface area contributed by atoms with Gasteiger partial charge in [0.15, 0.2) is 0 Å². The Labute approximate surface area is 706 Å². The molecule has 0 saturated heterocycles. The molecule has 0 aliphatic heterocycles. The Kier molecular flexibility index (Phi) is 19.8. The summed E-state index contributed by atoms with van der Waals surface area (Å²) in [4.78, 5) is 14.0. The highest BCUT2D eigenvalue weighted by Gasteiger charge is 2.24. The number of fused-ring (bicyclic) bond motifs is 8. The average molecular weight is 1550 g/mol. The molecular weight excluding hydrogens is 1470 g/mol. The van der Waals surface area contributed by atoms with E-state index in [0.29, 0.717) is 0 Å². The number of benzene rings is 22. The zero-order chi connectivity index (χ0) is 81.4. The van der Waals surface area contributed by atoms with Crippen LogP contribution in [0.1, 0.15) is 11.1 Å². The van der Waals surface area contributed by atoms with Crippen LogP contribution in [-0.2, 0) is 0 Å². The van der Waals surface area contributed by atoms with Crippen LogP contribution < -0.4 is 29.4 Å². The van der Waals surface area contributed by atoms with Gasteiger partial charge in [0.25, 0.3) is 0 Å². The predicted octanol–water partition coefficient (Wildman–Crippen LogP) is 32.4. The van der Waals surface area contributed by atoms with Crippen molar-refractivity contribution in [2.75, 3.05) is 50.5 Å². The van der Waals surface area contributed by atoms with Gasteiger partial charge in [-0.05, 0) is 229 Å². The zero-order valence-corrected chi connectivity index (χ0v) is 68.3. The van der Waals surface area contributed by atoms with Gasteiger partial charge in [0.05, 0.1) is 34.1 Å². The van der Waals surface area contributed by atoms with Crippen LogP contribution in [0.15, 0.2) is 443 Å². The van der Waals surface area contributed by atoms with Crippen molar-refractivity contribution < 1.29 is 0 Å². The maximum atomic E-state index is 2.41. The van der Waals surface area contributed by atoms with E-state index in [0.717, 1.165) is 45.5 Å². The molecule has 6 nitrogen and oxygen atoms in total. The van der Waals surface area contributed by atoms with E-state index in [1.165, 1.54) is 159 Å². The van der Waals surface area contributed by atoms with Gasteiger partial charge in [-0.3, -0.25) is 0 Å². The highest BCUT2D eigenvalue weighted by atomic mass is 15.2. The van der Waals surface area contributed by atoms with E-state index in [4.69, 9.17) is 0 Å². The number of hydrogen-bond acceptors (Lipinski definition) is 6. The van der Waals surface area contributed by atoms with E-state index in [-0.39, 0.29) is 0 Å². The third kappa shape index (κ3) is 14.1. The molecular formula is C115H88N6. The highest BCUT2D eigenvalue weighted by Crippen LogP contribution is 2.49. The van der Waals surface area contributed by atoms with Gasteiger partial charge < -0.3 is 29.4 Å². The number of anilines is 15. The van der Waals surface area contributed by atoms with E-state index < -0.39 is 0 Å². The molecule has 578 valence electrons. The van der Waals surface area contributed by atoms with Gasteiger partial charge in [-0.2, -0.15) is 0 Å². The molecule has 0 bridgehead atoms. The fourth-order valence-electron chi connectivity index (χ4n) is 18.1. The number of aryl methyl sites for hydroxylation is 2. The SMILES string of the molecule is CN(c1ccc(N(c2cccc3ccccc23)c2cccc3ccccc23)cc1)c1ccc2c3cccc4cccc(c5cccc1c52)c43.Cc1ccc(N(C)c2ccc(N(c3cccc4ccccc34)c3cccc4ccccc34)cc2)cc1.Cc1cccc(N(C)c2ccc(N(c3cccc4ccccc34)c3cccc4ccccc34)cc2)c1. The third-order valence-electron chi connectivity index (χ3n) is 24.2. The molecule has 0 amide bonds. The smallest absolute Gasteiger partial charge is 0.0540 e. The second kappa shape index (κ2) is 32.2. The lowest BCUT2D eigenvalue weighted by atomic mass is 9.89. The third-order valence-corrected chi connectivity index (χ3v) is 24.2. The summed E-state index contributed by atoms with van der Waals surface area (Å²) in [5.41, 5.74) is 19.9. The first kappa shape index (κ1) is 74.3. The maximum absolute atomic E-state index is 2.41. The zero-order valence-electron chi connectivity index (χ0n) is 68.3. The number of nitrogens with zero attached hydrogens (tertiary/aromatic N) is 6. The summed E-state index contributed by atoms with van der Waals surface area (Å²) in [5, 5.41) is 25.2. The van der Waals surface area contributed by atoms with Crippen molar-refractivity contribution in [1.29, 1.82) is 0 Å². The molecule has 6 heteroatoms. The van der Waals surface area contributed by atoms with Crippen LogP contribution in [0, 0.1) is 13.8 Å². The largest absolute Gasteiger partial charge is 0.345 e. The van der Waals surface area contributed by atoms with Crippen LogP contribution >= 0.6 is 0 Å².